The van der Waals surface area contributed by atoms with Crippen LogP contribution in [0.2, 0.25) is 0 Å². The van der Waals surface area contributed by atoms with Gasteiger partial charge in [-0.1, -0.05) is 24.3 Å². The van der Waals surface area contributed by atoms with E-state index in [1.54, 1.807) is 21.1 Å². The van der Waals surface area contributed by atoms with E-state index in [1.165, 1.54) is 0 Å². The van der Waals surface area contributed by atoms with E-state index < -0.39 is 0 Å². The molecule has 116 valence electrons. The van der Waals surface area contributed by atoms with Gasteiger partial charge in [0.1, 0.15) is 11.5 Å². The van der Waals surface area contributed by atoms with E-state index in [0.29, 0.717) is 13.1 Å². The second-order valence-corrected chi connectivity index (χ2v) is 5.07. The molecule has 0 aliphatic rings. The van der Waals surface area contributed by atoms with E-state index in [-0.39, 0.29) is 5.91 Å². The monoisotopic (exact) mass is 299 g/mol. The van der Waals surface area contributed by atoms with Gasteiger partial charge in [0.25, 0.3) is 0 Å². The molecule has 22 heavy (non-hydrogen) atoms. The third-order valence-electron chi connectivity index (χ3n) is 3.51. The minimum atomic E-state index is 0.0478. The van der Waals surface area contributed by atoms with Gasteiger partial charge in [0.2, 0.25) is 5.91 Å². The standard InChI is InChI=1S/C18H21NO3/c1-14(20)19(12-15-4-8-17(21-2)9-5-15)13-16-6-10-18(22-3)11-7-16/h4-11H,12-13H2,1-3H3. The maximum Gasteiger partial charge on any atom is 0.220 e. The molecule has 4 nitrogen and oxygen atoms in total. The van der Waals surface area contributed by atoms with Gasteiger partial charge in [0, 0.05) is 20.0 Å². The first-order valence-corrected chi connectivity index (χ1v) is 7.13. The lowest BCUT2D eigenvalue weighted by molar-refractivity contribution is -0.130. The summed E-state index contributed by atoms with van der Waals surface area (Å²) in [5, 5.41) is 0. The predicted octanol–water partition coefficient (Wildman–Crippen LogP) is 3.25. The zero-order valence-corrected chi connectivity index (χ0v) is 13.2. The van der Waals surface area contributed by atoms with Crippen molar-refractivity contribution in [2.75, 3.05) is 14.2 Å². The number of nitrogens with zero attached hydrogens (tertiary/aromatic N) is 1. The van der Waals surface area contributed by atoms with Crippen LogP contribution in [0.1, 0.15) is 18.1 Å². The molecular weight excluding hydrogens is 278 g/mol. The molecule has 1 amide bonds. The summed E-state index contributed by atoms with van der Waals surface area (Å²) >= 11 is 0. The Balaban J connectivity index is 2.06. The maximum atomic E-state index is 11.9. The van der Waals surface area contributed by atoms with Gasteiger partial charge < -0.3 is 14.4 Å². The average molecular weight is 299 g/mol. The molecule has 2 aromatic rings. The number of hydrogen-bond acceptors (Lipinski definition) is 3. The molecule has 0 aliphatic heterocycles. The first-order chi connectivity index (χ1) is 10.6. The molecule has 0 unspecified atom stereocenters. The highest BCUT2D eigenvalue weighted by atomic mass is 16.5. The number of methoxy groups -OCH3 is 2. The van der Waals surface area contributed by atoms with Gasteiger partial charge in [-0.2, -0.15) is 0 Å². The lowest BCUT2D eigenvalue weighted by Gasteiger charge is -2.21. The van der Waals surface area contributed by atoms with Crippen molar-refractivity contribution in [3.05, 3.63) is 59.7 Å². The van der Waals surface area contributed by atoms with Crippen LogP contribution in [0.3, 0.4) is 0 Å². The van der Waals surface area contributed by atoms with Gasteiger partial charge in [-0.3, -0.25) is 4.79 Å². The van der Waals surface area contributed by atoms with E-state index in [9.17, 15) is 4.79 Å². The number of carbonyl (C=O) groups is 1. The van der Waals surface area contributed by atoms with Gasteiger partial charge in [-0.25, -0.2) is 0 Å². The van der Waals surface area contributed by atoms with Crippen LogP contribution >= 0.6 is 0 Å². The van der Waals surface area contributed by atoms with Crippen molar-refractivity contribution in [2.24, 2.45) is 0 Å². The van der Waals surface area contributed by atoms with Crippen LogP contribution in [0.4, 0.5) is 0 Å². The SMILES string of the molecule is COc1ccc(CN(Cc2ccc(OC)cc2)C(C)=O)cc1. The Kier molecular flexibility index (Phi) is 5.42. The third-order valence-corrected chi connectivity index (χ3v) is 3.51. The molecule has 2 rings (SSSR count). The summed E-state index contributed by atoms with van der Waals surface area (Å²) in [5.74, 6) is 1.67. The molecule has 2 aromatic carbocycles. The van der Waals surface area contributed by atoms with Crippen molar-refractivity contribution in [3.63, 3.8) is 0 Å². The minimum absolute atomic E-state index is 0.0478. The van der Waals surface area contributed by atoms with Gasteiger partial charge in [0.05, 0.1) is 14.2 Å². The van der Waals surface area contributed by atoms with Crippen molar-refractivity contribution in [1.82, 2.24) is 4.90 Å². The molecule has 0 bridgehead atoms. The number of hydrogen-bond donors (Lipinski definition) is 0. The lowest BCUT2D eigenvalue weighted by atomic mass is 10.1. The molecule has 4 heteroatoms. The van der Waals surface area contributed by atoms with Crippen LogP contribution in [-0.2, 0) is 17.9 Å². The van der Waals surface area contributed by atoms with E-state index >= 15 is 0 Å². The number of rotatable bonds is 6. The highest BCUT2D eigenvalue weighted by molar-refractivity contribution is 5.73. The normalized spacial score (nSPS) is 10.1. The number of carbonyl (C=O) groups excluding carboxylic acids is 1. The fraction of sp³-hybridized carbons (Fsp3) is 0.278. The second-order valence-electron chi connectivity index (χ2n) is 5.07. The smallest absolute Gasteiger partial charge is 0.220 e. The van der Waals surface area contributed by atoms with Gasteiger partial charge in [-0.15, -0.1) is 0 Å². The first kappa shape index (κ1) is 15.9. The zero-order valence-electron chi connectivity index (χ0n) is 13.2. The summed E-state index contributed by atoms with van der Waals surface area (Å²) in [4.78, 5) is 13.7. The van der Waals surface area contributed by atoms with Gasteiger partial charge in [-0.05, 0) is 35.4 Å². The zero-order chi connectivity index (χ0) is 15.9. The van der Waals surface area contributed by atoms with Crippen molar-refractivity contribution in [2.45, 2.75) is 20.0 Å². The van der Waals surface area contributed by atoms with Crippen LogP contribution < -0.4 is 9.47 Å². The quantitative estimate of drug-likeness (QED) is 0.822. The predicted molar refractivity (Wildman–Crippen MR) is 85.9 cm³/mol. The fourth-order valence-electron chi connectivity index (χ4n) is 2.18. The van der Waals surface area contributed by atoms with Crippen molar-refractivity contribution in [1.29, 1.82) is 0 Å². The number of benzene rings is 2. The Labute approximate surface area is 131 Å². The minimum Gasteiger partial charge on any atom is -0.497 e. The Bertz CT molecular complexity index is 556. The van der Waals surface area contributed by atoms with Gasteiger partial charge in [0.15, 0.2) is 0 Å². The molecular formula is C18H21NO3. The Morgan fingerprint density at radius 2 is 1.18 bits per heavy atom. The second kappa shape index (κ2) is 7.50. The highest BCUT2D eigenvalue weighted by Gasteiger charge is 2.10. The molecule has 0 saturated heterocycles. The number of ether oxygens (including phenoxy) is 2. The summed E-state index contributed by atoms with van der Waals surface area (Å²) in [6, 6.07) is 15.5. The Hall–Kier alpha value is -2.49. The average Bonchev–Trinajstić information content (AvgIpc) is 2.55. The van der Waals surface area contributed by atoms with Crippen molar-refractivity contribution >= 4 is 5.91 Å². The maximum absolute atomic E-state index is 11.9. The molecule has 0 atom stereocenters. The first-order valence-electron chi connectivity index (χ1n) is 7.13. The van der Waals surface area contributed by atoms with Crippen molar-refractivity contribution in [3.8, 4) is 11.5 Å². The van der Waals surface area contributed by atoms with E-state index in [1.807, 2.05) is 53.4 Å². The van der Waals surface area contributed by atoms with Crippen LogP contribution in [-0.4, -0.2) is 25.0 Å². The molecule has 0 saturated carbocycles. The molecule has 0 spiro atoms. The Morgan fingerprint density at radius 3 is 1.45 bits per heavy atom. The largest absolute Gasteiger partial charge is 0.497 e. The highest BCUT2D eigenvalue weighted by Crippen LogP contribution is 2.16. The van der Waals surface area contributed by atoms with E-state index in [0.717, 1.165) is 22.6 Å². The summed E-state index contributed by atoms with van der Waals surface area (Å²) < 4.78 is 10.3. The van der Waals surface area contributed by atoms with Crippen LogP contribution in [0, 0.1) is 0 Å². The molecule has 0 aliphatic carbocycles. The molecule has 0 fully saturated rings. The molecule has 0 N–H and O–H groups in total. The van der Waals surface area contributed by atoms with Crippen LogP contribution in [0.25, 0.3) is 0 Å². The topological polar surface area (TPSA) is 38.8 Å². The van der Waals surface area contributed by atoms with E-state index in [4.69, 9.17) is 9.47 Å². The van der Waals surface area contributed by atoms with Crippen molar-refractivity contribution < 1.29 is 14.3 Å². The summed E-state index contributed by atoms with van der Waals surface area (Å²) in [6.45, 7) is 2.74. The number of amides is 1. The van der Waals surface area contributed by atoms with Crippen LogP contribution in [0.5, 0.6) is 11.5 Å². The third kappa shape index (κ3) is 4.25. The Morgan fingerprint density at radius 1 is 0.818 bits per heavy atom. The molecule has 0 heterocycles. The molecule has 0 aromatic heterocycles. The fourth-order valence-corrected chi connectivity index (χ4v) is 2.18. The summed E-state index contributed by atoms with van der Waals surface area (Å²) in [6.07, 6.45) is 0. The molecule has 0 radical (unpaired) electrons. The van der Waals surface area contributed by atoms with Gasteiger partial charge >= 0.3 is 0 Å². The lowest BCUT2D eigenvalue weighted by Crippen LogP contribution is -2.27. The van der Waals surface area contributed by atoms with Crippen LogP contribution in [0.15, 0.2) is 48.5 Å². The summed E-state index contributed by atoms with van der Waals surface area (Å²) in [5.41, 5.74) is 2.15. The van der Waals surface area contributed by atoms with E-state index in [2.05, 4.69) is 0 Å². The summed E-state index contributed by atoms with van der Waals surface area (Å²) in [7, 11) is 3.28.